The fourth-order valence-electron chi connectivity index (χ4n) is 10.5. The molecule has 13 aromatic rings. The van der Waals surface area contributed by atoms with Crippen LogP contribution in [-0.4, -0.2) is 0 Å². The van der Waals surface area contributed by atoms with Crippen molar-refractivity contribution in [1.82, 2.24) is 0 Å². The van der Waals surface area contributed by atoms with E-state index in [0.29, 0.717) is 0 Å². The number of para-hydroxylation sites is 2. The van der Waals surface area contributed by atoms with Gasteiger partial charge in [0, 0.05) is 39.5 Å². The highest BCUT2D eigenvalue weighted by atomic mass is 16.3. The molecule has 334 valence electrons. The van der Waals surface area contributed by atoms with Gasteiger partial charge in [0.1, 0.15) is 11.2 Å². The van der Waals surface area contributed by atoms with Crippen LogP contribution in [0.15, 0.2) is 283 Å². The minimum atomic E-state index is 0.799. The summed E-state index contributed by atoms with van der Waals surface area (Å²) in [6, 6.07) is 100. The van der Waals surface area contributed by atoms with Gasteiger partial charge >= 0.3 is 0 Å². The Hall–Kier alpha value is -9.44. The molecule has 0 radical (unpaired) electrons. The Morgan fingerprint density at radius 3 is 1.37 bits per heavy atom. The van der Waals surface area contributed by atoms with E-state index < -0.39 is 0 Å². The molecule has 3 heteroatoms. The first-order valence-electron chi connectivity index (χ1n) is 24.2. The summed E-state index contributed by atoms with van der Waals surface area (Å²) >= 11 is 0. The summed E-state index contributed by atoms with van der Waals surface area (Å²) < 4.78 is 7.20. The summed E-state index contributed by atoms with van der Waals surface area (Å²) in [4.78, 5) is 4.80. The lowest BCUT2D eigenvalue weighted by Crippen LogP contribution is -2.14. The third kappa shape index (κ3) is 7.58. The van der Waals surface area contributed by atoms with Crippen LogP contribution in [0.3, 0.4) is 0 Å². The second kappa shape index (κ2) is 17.9. The summed E-state index contributed by atoms with van der Waals surface area (Å²) in [5.41, 5.74) is 17.1. The van der Waals surface area contributed by atoms with E-state index in [0.717, 1.165) is 89.1 Å². The summed E-state index contributed by atoms with van der Waals surface area (Å²) in [6.07, 6.45) is 0. The largest absolute Gasteiger partial charge is 0.455 e. The van der Waals surface area contributed by atoms with Crippen molar-refractivity contribution >= 4 is 77.6 Å². The Kier molecular flexibility index (Phi) is 10.5. The van der Waals surface area contributed by atoms with Gasteiger partial charge in [0.05, 0.1) is 22.4 Å². The average Bonchev–Trinajstić information content (AvgIpc) is 3.84. The summed E-state index contributed by atoms with van der Waals surface area (Å²) in [5.74, 6) is 0. The minimum Gasteiger partial charge on any atom is -0.455 e. The summed E-state index contributed by atoms with van der Waals surface area (Å²) in [5, 5.41) is 6.77. The number of rotatable bonds is 10. The fourth-order valence-corrected chi connectivity index (χ4v) is 10.5. The molecular formula is C68H46N2O. The Bertz CT molecular complexity index is 4030. The van der Waals surface area contributed by atoms with Crippen molar-refractivity contribution < 1.29 is 4.42 Å². The van der Waals surface area contributed by atoms with Crippen molar-refractivity contribution in [1.29, 1.82) is 0 Å². The van der Waals surface area contributed by atoms with Crippen LogP contribution in [0.2, 0.25) is 0 Å². The topological polar surface area (TPSA) is 19.6 Å². The van der Waals surface area contributed by atoms with Crippen molar-refractivity contribution in [3.63, 3.8) is 0 Å². The molecule has 12 aromatic carbocycles. The van der Waals surface area contributed by atoms with Crippen molar-refractivity contribution in [2.24, 2.45) is 0 Å². The highest BCUT2D eigenvalue weighted by Crippen LogP contribution is 2.50. The number of benzene rings is 12. The predicted octanol–water partition coefficient (Wildman–Crippen LogP) is 19.5. The minimum absolute atomic E-state index is 0.799. The average molecular weight is 907 g/mol. The molecule has 1 aromatic heterocycles. The van der Waals surface area contributed by atoms with E-state index in [1.807, 2.05) is 0 Å². The Morgan fingerprint density at radius 1 is 0.254 bits per heavy atom. The molecule has 0 aliphatic rings. The standard InChI is InChI=1S/C68H46N2O/c1-4-19-47(20-5-1)57-29-14-15-30-59(57)51-35-40-54(41-36-51)69(53-26-8-3-9-27-53)65-45-56(46-66-67(65)63-44-39-50-24-11-13-32-62(50)68(63)71-66)70(64-34-17-16-31-61(64)49-21-6-2-7-22-49)55-42-37-52(38-43-55)60-33-18-25-48-23-10-12-28-58(48)60/h1-46H. The normalized spacial score (nSPS) is 11.4. The molecular weight excluding hydrogens is 861 g/mol. The maximum Gasteiger partial charge on any atom is 0.143 e. The van der Waals surface area contributed by atoms with Crippen molar-refractivity contribution in [3.8, 4) is 44.5 Å². The van der Waals surface area contributed by atoms with Crippen LogP contribution in [0, 0.1) is 0 Å². The molecule has 0 saturated carbocycles. The van der Waals surface area contributed by atoms with Crippen LogP contribution >= 0.6 is 0 Å². The third-order valence-electron chi connectivity index (χ3n) is 13.8. The number of hydrogen-bond acceptors (Lipinski definition) is 3. The van der Waals surface area contributed by atoms with E-state index in [4.69, 9.17) is 4.42 Å². The zero-order valence-corrected chi connectivity index (χ0v) is 38.9. The molecule has 0 unspecified atom stereocenters. The molecule has 0 aliphatic carbocycles. The van der Waals surface area contributed by atoms with Gasteiger partial charge in [-0.15, -0.1) is 0 Å². The van der Waals surface area contributed by atoms with Gasteiger partial charge in [-0.25, -0.2) is 0 Å². The molecule has 13 rings (SSSR count). The number of nitrogens with zero attached hydrogens (tertiary/aromatic N) is 2. The molecule has 0 aliphatic heterocycles. The number of anilines is 6. The molecule has 0 bridgehead atoms. The molecule has 0 spiro atoms. The van der Waals surface area contributed by atoms with Gasteiger partial charge in [-0.2, -0.15) is 0 Å². The highest BCUT2D eigenvalue weighted by Gasteiger charge is 2.26. The summed E-state index contributed by atoms with van der Waals surface area (Å²) in [7, 11) is 0. The van der Waals surface area contributed by atoms with Gasteiger partial charge in [0.2, 0.25) is 0 Å². The predicted molar refractivity (Wildman–Crippen MR) is 300 cm³/mol. The summed E-state index contributed by atoms with van der Waals surface area (Å²) in [6.45, 7) is 0. The molecule has 3 nitrogen and oxygen atoms in total. The van der Waals surface area contributed by atoms with E-state index in [9.17, 15) is 0 Å². The van der Waals surface area contributed by atoms with E-state index in [-0.39, 0.29) is 0 Å². The Balaban J connectivity index is 1.05. The van der Waals surface area contributed by atoms with Crippen LogP contribution in [-0.2, 0) is 0 Å². The van der Waals surface area contributed by atoms with Gasteiger partial charge in [0.25, 0.3) is 0 Å². The molecule has 0 N–H and O–H groups in total. The lowest BCUT2D eigenvalue weighted by atomic mass is 9.94. The van der Waals surface area contributed by atoms with Crippen LogP contribution in [0.5, 0.6) is 0 Å². The number of furan rings is 1. The molecule has 0 saturated heterocycles. The Morgan fingerprint density at radius 2 is 0.704 bits per heavy atom. The second-order valence-corrected chi connectivity index (χ2v) is 18.0. The van der Waals surface area contributed by atoms with Gasteiger partial charge in [-0.3, -0.25) is 0 Å². The molecule has 0 amide bonds. The lowest BCUT2D eigenvalue weighted by molar-refractivity contribution is 0.673. The van der Waals surface area contributed by atoms with Gasteiger partial charge in [-0.05, 0) is 110 Å². The van der Waals surface area contributed by atoms with Crippen LogP contribution in [0.4, 0.5) is 34.1 Å². The smallest absolute Gasteiger partial charge is 0.143 e. The zero-order chi connectivity index (χ0) is 47.1. The van der Waals surface area contributed by atoms with E-state index in [1.165, 1.54) is 33.0 Å². The third-order valence-corrected chi connectivity index (χ3v) is 13.8. The maximum absolute atomic E-state index is 7.20. The zero-order valence-electron chi connectivity index (χ0n) is 38.9. The SMILES string of the molecule is c1ccc(-c2ccccc2-c2ccc(N(c3ccccc3)c3cc(N(c4ccc(-c5cccc6ccccc56)cc4)c4ccccc4-c4ccccc4)cc4oc5c6ccccc6ccc5c34)cc2)cc1. The lowest BCUT2D eigenvalue weighted by Gasteiger charge is -2.31. The van der Waals surface area contributed by atoms with Crippen molar-refractivity contribution in [2.75, 3.05) is 9.80 Å². The van der Waals surface area contributed by atoms with Crippen molar-refractivity contribution in [2.45, 2.75) is 0 Å². The number of fused-ring (bicyclic) bond motifs is 6. The Labute approximate surface area is 413 Å². The first-order chi connectivity index (χ1) is 35.2. The first kappa shape index (κ1) is 41.7. The maximum atomic E-state index is 7.20. The van der Waals surface area contributed by atoms with Gasteiger partial charge in [-0.1, -0.05) is 218 Å². The van der Waals surface area contributed by atoms with Gasteiger partial charge < -0.3 is 14.2 Å². The fraction of sp³-hybridized carbons (Fsp3) is 0. The number of hydrogen-bond donors (Lipinski definition) is 0. The monoisotopic (exact) mass is 906 g/mol. The molecule has 0 atom stereocenters. The molecule has 1 heterocycles. The second-order valence-electron chi connectivity index (χ2n) is 18.0. The van der Waals surface area contributed by atoms with Crippen LogP contribution < -0.4 is 9.80 Å². The quantitative estimate of drug-likeness (QED) is 0.136. The van der Waals surface area contributed by atoms with E-state index >= 15 is 0 Å². The highest BCUT2D eigenvalue weighted by molar-refractivity contribution is 6.20. The molecule has 0 fully saturated rings. The van der Waals surface area contributed by atoms with Crippen molar-refractivity contribution in [3.05, 3.63) is 279 Å². The first-order valence-corrected chi connectivity index (χ1v) is 24.2. The van der Waals surface area contributed by atoms with E-state index in [2.05, 4.69) is 289 Å². The van der Waals surface area contributed by atoms with Crippen LogP contribution in [0.25, 0.3) is 88.0 Å². The van der Waals surface area contributed by atoms with E-state index in [1.54, 1.807) is 0 Å². The van der Waals surface area contributed by atoms with Crippen LogP contribution in [0.1, 0.15) is 0 Å². The molecule has 71 heavy (non-hydrogen) atoms. The van der Waals surface area contributed by atoms with Gasteiger partial charge in [0.15, 0.2) is 0 Å².